The zero-order chi connectivity index (χ0) is 15.7. The van der Waals surface area contributed by atoms with Crippen LogP contribution in [0.4, 0.5) is 5.69 Å². The Labute approximate surface area is 135 Å². The van der Waals surface area contributed by atoms with E-state index in [0.717, 1.165) is 0 Å². The Morgan fingerprint density at radius 1 is 1.09 bits per heavy atom. The molecule has 0 spiro atoms. The van der Waals surface area contributed by atoms with Crippen molar-refractivity contribution in [2.45, 2.75) is 12.8 Å². The molecule has 0 saturated heterocycles. The maximum atomic E-state index is 12.0. The summed E-state index contributed by atoms with van der Waals surface area (Å²) in [5.41, 5.74) is 5.79. The Morgan fingerprint density at radius 2 is 1.77 bits per heavy atom. The molecule has 0 aliphatic carbocycles. The van der Waals surface area contributed by atoms with Crippen molar-refractivity contribution < 1.29 is 14.4 Å². The van der Waals surface area contributed by atoms with Gasteiger partial charge in [0.15, 0.2) is 0 Å². The van der Waals surface area contributed by atoms with Gasteiger partial charge in [-0.15, -0.1) is 12.4 Å². The van der Waals surface area contributed by atoms with Crippen LogP contribution in [0.2, 0.25) is 0 Å². The first kappa shape index (κ1) is 19.9. The van der Waals surface area contributed by atoms with E-state index in [-0.39, 0.29) is 37.2 Å². The van der Waals surface area contributed by atoms with E-state index in [2.05, 4.69) is 16.0 Å². The first-order chi connectivity index (χ1) is 10.0. The quantitative estimate of drug-likeness (QED) is 0.548. The minimum absolute atomic E-state index is 0. The molecule has 0 aliphatic heterocycles. The van der Waals surface area contributed by atoms with Gasteiger partial charge in [-0.3, -0.25) is 14.4 Å². The summed E-state index contributed by atoms with van der Waals surface area (Å²) in [5, 5.41) is 8.15. The largest absolute Gasteiger partial charge is 0.370 e. The predicted molar refractivity (Wildman–Crippen MR) is 87.0 cm³/mol. The number of rotatable bonds is 8. The second-order valence-corrected chi connectivity index (χ2v) is 4.42. The summed E-state index contributed by atoms with van der Waals surface area (Å²) in [6, 6.07) is 6.69. The third kappa shape index (κ3) is 7.05. The predicted octanol–water partition coefficient (Wildman–Crippen LogP) is 0.262. The first-order valence-electron chi connectivity index (χ1n) is 6.64. The van der Waals surface area contributed by atoms with E-state index in [1.165, 1.54) is 0 Å². The molecule has 8 heteroatoms. The Hall–Kier alpha value is -2.12. The highest BCUT2D eigenvalue weighted by Gasteiger charge is 2.12. The van der Waals surface area contributed by atoms with Crippen LogP contribution in [0.3, 0.4) is 0 Å². The molecule has 1 aromatic carbocycles. The van der Waals surface area contributed by atoms with E-state index < -0.39 is 5.91 Å². The van der Waals surface area contributed by atoms with Gasteiger partial charge in [-0.1, -0.05) is 12.1 Å². The lowest BCUT2D eigenvalue weighted by Crippen LogP contribution is -2.29. The standard InChI is InChI=1S/C14H20N4O3.ClH/c1-16-8-7-13(20)18-11-5-3-2-4-10(11)14(21)17-9-6-12(15)19;/h2-5,16H,6-9H2,1H3,(H2,15,19)(H,17,21)(H,18,20);1H. The number of amides is 3. The van der Waals surface area contributed by atoms with Gasteiger partial charge in [-0.2, -0.15) is 0 Å². The van der Waals surface area contributed by atoms with Crippen molar-refractivity contribution in [3.05, 3.63) is 29.8 Å². The van der Waals surface area contributed by atoms with Crippen LogP contribution in [0.25, 0.3) is 0 Å². The summed E-state index contributed by atoms with van der Waals surface area (Å²) >= 11 is 0. The average molecular weight is 329 g/mol. The van der Waals surface area contributed by atoms with Crippen LogP contribution in [-0.2, 0) is 9.59 Å². The van der Waals surface area contributed by atoms with Crippen LogP contribution in [0.15, 0.2) is 24.3 Å². The van der Waals surface area contributed by atoms with Gasteiger partial charge in [-0.25, -0.2) is 0 Å². The molecular formula is C14H21ClN4O3. The highest BCUT2D eigenvalue weighted by molar-refractivity contribution is 6.03. The number of nitrogens with one attached hydrogen (secondary N) is 3. The third-order valence-electron chi connectivity index (χ3n) is 2.70. The van der Waals surface area contributed by atoms with E-state index in [4.69, 9.17) is 5.73 Å². The number of benzene rings is 1. The lowest BCUT2D eigenvalue weighted by molar-refractivity contribution is -0.118. The lowest BCUT2D eigenvalue weighted by atomic mass is 10.1. The Kier molecular flexibility index (Phi) is 9.56. The molecule has 0 fully saturated rings. The van der Waals surface area contributed by atoms with Crippen molar-refractivity contribution in [1.82, 2.24) is 10.6 Å². The zero-order valence-electron chi connectivity index (χ0n) is 12.3. The van der Waals surface area contributed by atoms with Crippen molar-refractivity contribution >= 4 is 35.8 Å². The Bertz CT molecular complexity index is 523. The van der Waals surface area contributed by atoms with Gasteiger partial charge in [-0.05, 0) is 19.2 Å². The zero-order valence-corrected chi connectivity index (χ0v) is 13.2. The van der Waals surface area contributed by atoms with Crippen molar-refractivity contribution in [3.8, 4) is 0 Å². The van der Waals surface area contributed by atoms with E-state index in [1.807, 2.05) is 0 Å². The molecule has 0 aromatic heterocycles. The third-order valence-corrected chi connectivity index (χ3v) is 2.70. The van der Waals surface area contributed by atoms with Crippen LogP contribution in [-0.4, -0.2) is 37.9 Å². The molecule has 0 atom stereocenters. The number of anilines is 1. The highest BCUT2D eigenvalue weighted by atomic mass is 35.5. The van der Waals surface area contributed by atoms with Gasteiger partial charge in [0, 0.05) is 25.9 Å². The van der Waals surface area contributed by atoms with E-state index in [0.29, 0.717) is 24.2 Å². The molecule has 0 radical (unpaired) electrons. The van der Waals surface area contributed by atoms with Crippen molar-refractivity contribution in [3.63, 3.8) is 0 Å². The van der Waals surface area contributed by atoms with E-state index in [9.17, 15) is 14.4 Å². The molecule has 0 unspecified atom stereocenters. The molecule has 0 saturated carbocycles. The molecular weight excluding hydrogens is 308 g/mol. The maximum absolute atomic E-state index is 12.0. The molecule has 5 N–H and O–H groups in total. The fourth-order valence-corrected chi connectivity index (χ4v) is 1.64. The number of carbonyl (C=O) groups excluding carboxylic acids is 3. The van der Waals surface area contributed by atoms with Gasteiger partial charge < -0.3 is 21.7 Å². The van der Waals surface area contributed by atoms with Gasteiger partial charge in [0.25, 0.3) is 5.91 Å². The molecule has 1 rings (SSSR count). The summed E-state index contributed by atoms with van der Waals surface area (Å²) in [6.07, 6.45) is 0.385. The smallest absolute Gasteiger partial charge is 0.253 e. The topological polar surface area (TPSA) is 113 Å². The summed E-state index contributed by atoms with van der Waals surface area (Å²) in [7, 11) is 1.76. The van der Waals surface area contributed by atoms with Gasteiger partial charge in [0.2, 0.25) is 11.8 Å². The molecule has 7 nitrogen and oxygen atoms in total. The Balaban J connectivity index is 0.00000441. The summed E-state index contributed by atoms with van der Waals surface area (Å²) in [6.45, 7) is 0.717. The number of halogens is 1. The minimum Gasteiger partial charge on any atom is -0.370 e. The summed E-state index contributed by atoms with van der Waals surface area (Å²) < 4.78 is 0. The molecule has 1 aromatic rings. The number of nitrogens with two attached hydrogens (primary N) is 1. The monoisotopic (exact) mass is 328 g/mol. The molecule has 22 heavy (non-hydrogen) atoms. The number of para-hydroxylation sites is 1. The van der Waals surface area contributed by atoms with E-state index in [1.54, 1.807) is 31.3 Å². The van der Waals surface area contributed by atoms with Gasteiger partial charge in [0.05, 0.1) is 11.3 Å². The van der Waals surface area contributed by atoms with Gasteiger partial charge >= 0.3 is 0 Å². The molecule has 3 amide bonds. The average Bonchev–Trinajstić information content (AvgIpc) is 2.45. The van der Waals surface area contributed by atoms with Crippen LogP contribution >= 0.6 is 12.4 Å². The number of hydrogen-bond acceptors (Lipinski definition) is 4. The number of carbonyl (C=O) groups is 3. The van der Waals surface area contributed by atoms with Gasteiger partial charge in [0.1, 0.15) is 0 Å². The normalized spacial score (nSPS) is 9.50. The number of primary amides is 1. The second kappa shape index (κ2) is 10.6. The van der Waals surface area contributed by atoms with Crippen molar-refractivity contribution in [1.29, 1.82) is 0 Å². The lowest BCUT2D eigenvalue weighted by Gasteiger charge is -2.11. The molecule has 0 aliphatic rings. The summed E-state index contributed by atoms with van der Waals surface area (Å²) in [4.78, 5) is 34.4. The van der Waals surface area contributed by atoms with Crippen LogP contribution in [0.1, 0.15) is 23.2 Å². The second-order valence-electron chi connectivity index (χ2n) is 4.42. The van der Waals surface area contributed by atoms with Crippen molar-refractivity contribution in [2.24, 2.45) is 5.73 Å². The molecule has 122 valence electrons. The van der Waals surface area contributed by atoms with Crippen LogP contribution in [0.5, 0.6) is 0 Å². The maximum Gasteiger partial charge on any atom is 0.253 e. The highest BCUT2D eigenvalue weighted by Crippen LogP contribution is 2.15. The van der Waals surface area contributed by atoms with Crippen LogP contribution in [0, 0.1) is 0 Å². The minimum atomic E-state index is -0.482. The first-order valence-corrected chi connectivity index (χ1v) is 6.64. The number of hydrogen-bond donors (Lipinski definition) is 4. The summed E-state index contributed by atoms with van der Waals surface area (Å²) in [5.74, 6) is -1.02. The van der Waals surface area contributed by atoms with Crippen molar-refractivity contribution in [2.75, 3.05) is 25.5 Å². The fourth-order valence-electron chi connectivity index (χ4n) is 1.64. The SMILES string of the molecule is CNCCC(=O)Nc1ccccc1C(=O)NCCC(N)=O.Cl. The fraction of sp³-hybridized carbons (Fsp3) is 0.357. The Morgan fingerprint density at radius 3 is 2.41 bits per heavy atom. The van der Waals surface area contributed by atoms with Crippen LogP contribution < -0.4 is 21.7 Å². The molecule has 0 heterocycles. The van der Waals surface area contributed by atoms with E-state index >= 15 is 0 Å². The molecule has 0 bridgehead atoms.